The molecular formula is C16H21ClN2O. The molecule has 1 aromatic rings. The first-order chi connectivity index (χ1) is 9.70. The van der Waals surface area contributed by atoms with Crippen LogP contribution in [-0.2, 0) is 4.79 Å². The molecule has 0 heterocycles. The molecular weight excluding hydrogens is 272 g/mol. The van der Waals surface area contributed by atoms with Crippen LogP contribution in [0.3, 0.4) is 0 Å². The number of benzene rings is 1. The summed E-state index contributed by atoms with van der Waals surface area (Å²) in [6.07, 6.45) is 5.59. The maximum absolute atomic E-state index is 11.8. The van der Waals surface area contributed by atoms with Crippen molar-refractivity contribution in [2.75, 3.05) is 18.4 Å². The van der Waals surface area contributed by atoms with E-state index >= 15 is 0 Å². The second-order valence-corrected chi connectivity index (χ2v) is 6.56. The second-order valence-electron chi connectivity index (χ2n) is 6.12. The fourth-order valence-electron chi connectivity index (χ4n) is 3.77. The summed E-state index contributed by atoms with van der Waals surface area (Å²) in [5, 5.41) is 6.79. The van der Waals surface area contributed by atoms with Gasteiger partial charge in [-0.05, 0) is 61.8 Å². The van der Waals surface area contributed by atoms with E-state index in [1.807, 2.05) is 12.1 Å². The van der Waals surface area contributed by atoms with Crippen LogP contribution in [0, 0.1) is 17.8 Å². The number of carbonyl (C=O) groups is 1. The molecule has 3 nitrogen and oxygen atoms in total. The van der Waals surface area contributed by atoms with Gasteiger partial charge >= 0.3 is 0 Å². The average molecular weight is 293 g/mol. The van der Waals surface area contributed by atoms with E-state index < -0.39 is 0 Å². The lowest BCUT2D eigenvalue weighted by molar-refractivity contribution is -0.115. The summed E-state index contributed by atoms with van der Waals surface area (Å²) in [6.45, 7) is 1.35. The molecule has 0 saturated heterocycles. The molecule has 2 saturated carbocycles. The van der Waals surface area contributed by atoms with Gasteiger partial charge in [-0.3, -0.25) is 4.79 Å². The van der Waals surface area contributed by atoms with Crippen LogP contribution in [0.1, 0.15) is 25.7 Å². The summed E-state index contributed by atoms with van der Waals surface area (Å²) >= 11 is 5.89. The lowest BCUT2D eigenvalue weighted by Crippen LogP contribution is -2.33. The maximum Gasteiger partial charge on any atom is 0.238 e. The van der Waals surface area contributed by atoms with Crippen molar-refractivity contribution in [2.45, 2.75) is 25.7 Å². The Morgan fingerprint density at radius 1 is 1.30 bits per heavy atom. The molecule has 0 radical (unpaired) electrons. The second kappa shape index (κ2) is 6.15. The van der Waals surface area contributed by atoms with Gasteiger partial charge in [0.15, 0.2) is 0 Å². The van der Waals surface area contributed by atoms with E-state index in [2.05, 4.69) is 10.6 Å². The zero-order chi connectivity index (χ0) is 13.9. The summed E-state index contributed by atoms with van der Waals surface area (Å²) in [5.74, 6) is 2.65. The first-order valence-corrected chi connectivity index (χ1v) is 7.84. The molecule has 3 atom stereocenters. The van der Waals surface area contributed by atoms with Gasteiger partial charge in [0.25, 0.3) is 0 Å². The van der Waals surface area contributed by atoms with E-state index in [9.17, 15) is 4.79 Å². The Morgan fingerprint density at radius 3 is 2.90 bits per heavy atom. The van der Waals surface area contributed by atoms with Crippen molar-refractivity contribution in [3.8, 4) is 0 Å². The van der Waals surface area contributed by atoms with Gasteiger partial charge in [-0.2, -0.15) is 0 Å². The predicted octanol–water partition coefficient (Wildman–Crippen LogP) is 3.30. The molecule has 20 heavy (non-hydrogen) atoms. The SMILES string of the molecule is O=C(CNCC1CC2CCC1C2)Nc1cccc(Cl)c1. The fourth-order valence-corrected chi connectivity index (χ4v) is 3.96. The number of nitrogens with one attached hydrogen (secondary N) is 2. The highest BCUT2D eigenvalue weighted by molar-refractivity contribution is 6.30. The number of amides is 1. The molecule has 2 aliphatic rings. The van der Waals surface area contributed by atoms with Crippen LogP contribution < -0.4 is 10.6 Å². The van der Waals surface area contributed by atoms with E-state index in [-0.39, 0.29) is 5.91 Å². The third-order valence-corrected chi connectivity index (χ3v) is 4.92. The first kappa shape index (κ1) is 13.9. The molecule has 1 aromatic carbocycles. The van der Waals surface area contributed by atoms with Gasteiger partial charge in [-0.15, -0.1) is 0 Å². The summed E-state index contributed by atoms with van der Waals surface area (Å²) < 4.78 is 0. The van der Waals surface area contributed by atoms with Crippen molar-refractivity contribution in [1.29, 1.82) is 0 Å². The molecule has 0 spiro atoms. The van der Waals surface area contributed by atoms with E-state index in [1.54, 1.807) is 12.1 Å². The van der Waals surface area contributed by atoms with Crippen molar-refractivity contribution in [1.82, 2.24) is 5.32 Å². The Hall–Kier alpha value is -1.06. The van der Waals surface area contributed by atoms with E-state index in [4.69, 9.17) is 11.6 Å². The predicted molar refractivity (Wildman–Crippen MR) is 81.9 cm³/mol. The zero-order valence-electron chi connectivity index (χ0n) is 11.6. The monoisotopic (exact) mass is 292 g/mol. The number of hydrogen-bond donors (Lipinski definition) is 2. The Bertz CT molecular complexity index is 491. The minimum absolute atomic E-state index is 0.00424. The van der Waals surface area contributed by atoms with Gasteiger partial charge in [0.1, 0.15) is 0 Å². The van der Waals surface area contributed by atoms with Crippen LogP contribution in [0.2, 0.25) is 5.02 Å². The van der Waals surface area contributed by atoms with Gasteiger partial charge in [0.2, 0.25) is 5.91 Å². The van der Waals surface area contributed by atoms with E-state index in [0.717, 1.165) is 30.0 Å². The minimum atomic E-state index is -0.00424. The molecule has 4 heteroatoms. The molecule has 0 aliphatic heterocycles. The van der Waals surface area contributed by atoms with Gasteiger partial charge < -0.3 is 10.6 Å². The summed E-state index contributed by atoms with van der Waals surface area (Å²) in [4.78, 5) is 11.8. The molecule has 108 valence electrons. The summed E-state index contributed by atoms with van der Waals surface area (Å²) in [7, 11) is 0. The number of rotatable bonds is 5. The molecule has 2 fully saturated rings. The van der Waals surface area contributed by atoms with Gasteiger partial charge in [-0.25, -0.2) is 0 Å². The molecule has 2 aliphatic carbocycles. The fraction of sp³-hybridized carbons (Fsp3) is 0.562. The number of fused-ring (bicyclic) bond motifs is 2. The molecule has 2 bridgehead atoms. The highest BCUT2D eigenvalue weighted by atomic mass is 35.5. The quantitative estimate of drug-likeness (QED) is 0.874. The van der Waals surface area contributed by atoms with Crippen LogP contribution in [0.15, 0.2) is 24.3 Å². The highest BCUT2D eigenvalue weighted by Gasteiger charge is 2.38. The van der Waals surface area contributed by atoms with Crippen molar-refractivity contribution < 1.29 is 4.79 Å². The lowest BCUT2D eigenvalue weighted by atomic mass is 9.89. The first-order valence-electron chi connectivity index (χ1n) is 7.47. The molecule has 3 unspecified atom stereocenters. The van der Waals surface area contributed by atoms with Crippen molar-refractivity contribution >= 4 is 23.2 Å². The van der Waals surface area contributed by atoms with Crippen LogP contribution in [-0.4, -0.2) is 19.0 Å². The van der Waals surface area contributed by atoms with Crippen molar-refractivity contribution in [3.63, 3.8) is 0 Å². The topological polar surface area (TPSA) is 41.1 Å². The van der Waals surface area contributed by atoms with E-state index in [0.29, 0.717) is 11.6 Å². The molecule has 1 amide bonds. The smallest absolute Gasteiger partial charge is 0.238 e. The van der Waals surface area contributed by atoms with Crippen LogP contribution in [0.5, 0.6) is 0 Å². The normalized spacial score (nSPS) is 27.8. The van der Waals surface area contributed by atoms with Crippen molar-refractivity contribution in [2.24, 2.45) is 17.8 Å². The summed E-state index contributed by atoms with van der Waals surface area (Å²) in [6, 6.07) is 7.24. The zero-order valence-corrected chi connectivity index (χ0v) is 12.3. The Balaban J connectivity index is 1.39. The van der Waals surface area contributed by atoms with Gasteiger partial charge in [0.05, 0.1) is 6.54 Å². The third kappa shape index (κ3) is 3.33. The average Bonchev–Trinajstić information content (AvgIpc) is 3.01. The highest BCUT2D eigenvalue weighted by Crippen LogP contribution is 2.47. The van der Waals surface area contributed by atoms with Crippen LogP contribution in [0.4, 0.5) is 5.69 Å². The van der Waals surface area contributed by atoms with E-state index in [1.165, 1.54) is 25.7 Å². The van der Waals surface area contributed by atoms with Crippen molar-refractivity contribution in [3.05, 3.63) is 29.3 Å². The lowest BCUT2D eigenvalue weighted by Gasteiger charge is -2.21. The minimum Gasteiger partial charge on any atom is -0.325 e. The largest absolute Gasteiger partial charge is 0.325 e. The molecule has 2 N–H and O–H groups in total. The van der Waals surface area contributed by atoms with Crippen LogP contribution in [0.25, 0.3) is 0 Å². The van der Waals surface area contributed by atoms with Gasteiger partial charge in [0, 0.05) is 10.7 Å². The Labute approximate surface area is 125 Å². The number of carbonyl (C=O) groups excluding carboxylic acids is 1. The maximum atomic E-state index is 11.8. The van der Waals surface area contributed by atoms with Crippen LogP contribution >= 0.6 is 11.6 Å². The number of halogens is 1. The molecule has 3 rings (SSSR count). The number of hydrogen-bond acceptors (Lipinski definition) is 2. The Kier molecular flexibility index (Phi) is 4.27. The third-order valence-electron chi connectivity index (χ3n) is 4.68. The number of anilines is 1. The molecule has 0 aromatic heterocycles. The Morgan fingerprint density at radius 2 is 2.20 bits per heavy atom. The standard InChI is InChI=1S/C16H21ClN2O/c17-14-2-1-3-15(8-14)19-16(20)10-18-9-13-7-11-4-5-12(13)6-11/h1-3,8,11-13,18H,4-7,9-10H2,(H,19,20). The summed E-state index contributed by atoms with van der Waals surface area (Å²) in [5.41, 5.74) is 0.754. The van der Waals surface area contributed by atoms with Gasteiger partial charge in [-0.1, -0.05) is 24.1 Å².